The van der Waals surface area contributed by atoms with Gasteiger partial charge in [-0.05, 0) is 78.9 Å². The Morgan fingerprint density at radius 2 is 0.857 bits per heavy atom. The summed E-state index contributed by atoms with van der Waals surface area (Å²) in [6.45, 7) is 4.00. The average Bonchev–Trinajstić information content (AvgIpc) is 3.16. The fraction of sp³-hybridized carbons (Fsp3) is 0.0476. The van der Waals surface area contributed by atoms with Crippen LogP contribution >= 0.6 is 0 Å². The van der Waals surface area contributed by atoms with E-state index in [1.54, 1.807) is 6.08 Å². The lowest BCUT2D eigenvalue weighted by molar-refractivity contribution is 0.477. The number of nitrogen functional groups attached to an aromatic ring is 1. The van der Waals surface area contributed by atoms with Crippen LogP contribution in [-0.4, -0.2) is 11.4 Å². The Hall–Kier alpha value is -6.60. The Bertz CT molecular complexity index is 2130. The summed E-state index contributed by atoms with van der Waals surface area (Å²) in [5.74, 6) is 3.26. The smallest absolute Gasteiger partial charge is 0.151 e. The minimum atomic E-state index is 0.208. The van der Waals surface area contributed by atoms with Crippen LogP contribution in [0.1, 0.15) is 25.0 Å². The van der Waals surface area contributed by atoms with Gasteiger partial charge < -0.3 is 25.0 Å². The third-order valence-electron chi connectivity index (χ3n) is 8.28. The van der Waals surface area contributed by atoms with Crippen molar-refractivity contribution < 1.29 is 9.47 Å². The summed E-state index contributed by atoms with van der Waals surface area (Å²) in [6, 6.07) is 47.5. The van der Waals surface area contributed by atoms with Gasteiger partial charge in [0.15, 0.2) is 23.0 Å². The number of allylic oxidation sites excluding steroid dienone is 1. The largest absolute Gasteiger partial charge is 0.453 e. The van der Waals surface area contributed by atoms with Crippen molar-refractivity contribution in [1.29, 1.82) is 10.8 Å². The molecule has 1 aliphatic carbocycles. The molecule has 0 aromatic heterocycles. The maximum absolute atomic E-state index is 8.28. The van der Waals surface area contributed by atoms with Gasteiger partial charge >= 0.3 is 0 Å². The second-order valence-corrected chi connectivity index (χ2v) is 11.2. The van der Waals surface area contributed by atoms with E-state index in [9.17, 15) is 0 Å². The Morgan fingerprint density at radius 1 is 0.469 bits per heavy atom. The fourth-order valence-electron chi connectivity index (χ4n) is 6.11. The van der Waals surface area contributed by atoms with E-state index in [4.69, 9.17) is 26.0 Å². The first kappa shape index (κ1) is 31.0. The van der Waals surface area contributed by atoms with Gasteiger partial charge in [-0.2, -0.15) is 0 Å². The second-order valence-electron chi connectivity index (χ2n) is 11.2. The molecule has 0 spiro atoms. The van der Waals surface area contributed by atoms with Crippen molar-refractivity contribution >= 4 is 51.2 Å². The van der Waals surface area contributed by atoms with Gasteiger partial charge in [0, 0.05) is 22.5 Å². The molecular weight excluding hydrogens is 606 g/mol. The van der Waals surface area contributed by atoms with Crippen molar-refractivity contribution in [2.75, 3.05) is 15.5 Å². The predicted molar refractivity (Wildman–Crippen MR) is 201 cm³/mol. The number of hydrogen-bond donors (Lipinski definition) is 3. The third kappa shape index (κ3) is 5.68. The number of hydrogen-bond acceptors (Lipinski definition) is 7. The van der Waals surface area contributed by atoms with Crippen LogP contribution in [0.4, 0.5) is 34.1 Å². The highest BCUT2D eigenvalue weighted by atomic mass is 16.5. The van der Waals surface area contributed by atoms with E-state index in [1.165, 1.54) is 0 Å². The van der Waals surface area contributed by atoms with Crippen molar-refractivity contribution in [2.45, 2.75) is 13.8 Å². The van der Waals surface area contributed by atoms with E-state index in [0.717, 1.165) is 73.9 Å². The highest BCUT2D eigenvalue weighted by molar-refractivity contribution is 6.53. The summed E-state index contributed by atoms with van der Waals surface area (Å²) in [5.41, 5.74) is 14.6. The van der Waals surface area contributed by atoms with Gasteiger partial charge in [-0.25, -0.2) is 0 Å². The Morgan fingerprint density at radius 3 is 1.33 bits per heavy atom. The minimum absolute atomic E-state index is 0.208. The number of anilines is 6. The van der Waals surface area contributed by atoms with Gasteiger partial charge in [-0.15, -0.1) is 0 Å². The van der Waals surface area contributed by atoms with E-state index in [2.05, 4.69) is 21.9 Å². The van der Waals surface area contributed by atoms with Gasteiger partial charge in [0.05, 0.1) is 39.9 Å². The summed E-state index contributed by atoms with van der Waals surface area (Å²) >= 11 is 0. The SMILES string of the molecule is CC.N=C1C=C(N2c3ccccc3Oc3ccccc32)c2ccccc2C1=N.Nc1ccc(N2c3ccccc3Oc3ccccc32)cc1. The van der Waals surface area contributed by atoms with Crippen LogP contribution in [0, 0.1) is 10.8 Å². The molecule has 7 nitrogen and oxygen atoms in total. The number of para-hydroxylation sites is 8. The maximum atomic E-state index is 8.28. The molecule has 0 saturated carbocycles. The average molecular weight is 642 g/mol. The molecule has 4 N–H and O–H groups in total. The topological polar surface area (TPSA) is 98.7 Å². The van der Waals surface area contributed by atoms with Crippen molar-refractivity contribution in [3.05, 3.63) is 163 Å². The Balaban J connectivity index is 0.000000150. The number of rotatable bonds is 2. The molecule has 6 aromatic carbocycles. The standard InChI is InChI=1S/C22H15N3O.C18H14N2O.C2H6/c23-16-13-19(14-7-1-2-8-15(14)22(16)24)25-17-9-3-5-11-20(17)26-21-12-6-4-10-18(21)25;19-13-9-11-14(12-10-13)20-15-5-1-3-7-17(15)21-18-8-4-2-6-16(18)20;1-2/h1-13,23-24H;1-12H,19H2;1-2H3. The highest BCUT2D eigenvalue weighted by Gasteiger charge is 2.31. The summed E-state index contributed by atoms with van der Waals surface area (Å²) < 4.78 is 12.1. The molecule has 0 bridgehead atoms. The summed E-state index contributed by atoms with van der Waals surface area (Å²) in [4.78, 5) is 4.31. The molecule has 240 valence electrons. The lowest BCUT2D eigenvalue weighted by Crippen LogP contribution is -2.27. The molecule has 0 saturated heterocycles. The van der Waals surface area contributed by atoms with E-state index < -0.39 is 0 Å². The number of benzene rings is 6. The molecule has 0 atom stereocenters. The molecule has 0 fully saturated rings. The first-order chi connectivity index (χ1) is 24.1. The van der Waals surface area contributed by atoms with Crippen LogP contribution in [0.25, 0.3) is 5.70 Å². The van der Waals surface area contributed by atoms with Gasteiger partial charge in [0.1, 0.15) is 0 Å². The van der Waals surface area contributed by atoms with Gasteiger partial charge in [0.2, 0.25) is 0 Å². The summed E-state index contributed by atoms with van der Waals surface area (Å²) in [7, 11) is 0. The monoisotopic (exact) mass is 641 g/mol. The molecule has 0 amide bonds. The zero-order valence-electron chi connectivity index (χ0n) is 27.2. The van der Waals surface area contributed by atoms with Crippen molar-refractivity contribution in [3.8, 4) is 23.0 Å². The Labute approximate surface area is 286 Å². The first-order valence-electron chi connectivity index (χ1n) is 16.2. The molecule has 2 aliphatic heterocycles. The highest BCUT2D eigenvalue weighted by Crippen LogP contribution is 2.51. The van der Waals surface area contributed by atoms with Crippen molar-refractivity contribution in [3.63, 3.8) is 0 Å². The molecule has 0 radical (unpaired) electrons. The molecule has 2 heterocycles. The third-order valence-corrected chi connectivity index (χ3v) is 8.28. The van der Waals surface area contributed by atoms with Crippen LogP contribution < -0.4 is 25.0 Å². The normalized spacial score (nSPS) is 13.2. The van der Waals surface area contributed by atoms with Crippen LogP contribution in [-0.2, 0) is 0 Å². The van der Waals surface area contributed by atoms with Crippen LogP contribution in [0.2, 0.25) is 0 Å². The van der Waals surface area contributed by atoms with E-state index in [0.29, 0.717) is 0 Å². The van der Waals surface area contributed by atoms with Crippen LogP contribution in [0.3, 0.4) is 0 Å². The molecule has 49 heavy (non-hydrogen) atoms. The Kier molecular flexibility index (Phi) is 8.39. The second kappa shape index (κ2) is 13.3. The van der Waals surface area contributed by atoms with Gasteiger partial charge in [-0.3, -0.25) is 10.8 Å². The molecular formula is C42H35N5O2. The van der Waals surface area contributed by atoms with E-state index >= 15 is 0 Å². The van der Waals surface area contributed by atoms with E-state index in [1.807, 2.05) is 147 Å². The number of nitrogens with two attached hydrogens (primary N) is 1. The maximum Gasteiger partial charge on any atom is 0.151 e. The molecule has 9 rings (SSSR count). The number of nitrogens with zero attached hydrogens (tertiary/aromatic N) is 2. The zero-order chi connectivity index (χ0) is 33.9. The predicted octanol–water partition coefficient (Wildman–Crippen LogP) is 11.2. The van der Waals surface area contributed by atoms with E-state index in [-0.39, 0.29) is 11.4 Å². The minimum Gasteiger partial charge on any atom is -0.453 e. The molecule has 3 aliphatic rings. The lowest BCUT2D eigenvalue weighted by Gasteiger charge is -2.36. The van der Waals surface area contributed by atoms with Crippen LogP contribution in [0.15, 0.2) is 152 Å². The number of fused-ring (bicyclic) bond motifs is 5. The van der Waals surface area contributed by atoms with Crippen molar-refractivity contribution in [2.24, 2.45) is 0 Å². The number of ether oxygens (including phenoxy) is 2. The molecule has 6 aromatic rings. The lowest BCUT2D eigenvalue weighted by atomic mass is 9.90. The van der Waals surface area contributed by atoms with Crippen LogP contribution in [0.5, 0.6) is 23.0 Å². The quantitative estimate of drug-likeness (QED) is 0.163. The summed E-state index contributed by atoms with van der Waals surface area (Å²) in [6.07, 6.45) is 1.77. The van der Waals surface area contributed by atoms with Gasteiger partial charge in [0.25, 0.3) is 0 Å². The fourth-order valence-corrected chi connectivity index (χ4v) is 6.11. The first-order valence-corrected chi connectivity index (χ1v) is 16.2. The summed E-state index contributed by atoms with van der Waals surface area (Å²) in [5, 5.41) is 16.5. The molecule has 0 unspecified atom stereocenters. The molecule has 7 heteroatoms. The van der Waals surface area contributed by atoms with Gasteiger partial charge in [-0.1, -0.05) is 86.6 Å². The van der Waals surface area contributed by atoms with Crippen molar-refractivity contribution in [1.82, 2.24) is 0 Å². The zero-order valence-corrected chi connectivity index (χ0v) is 27.2. The number of nitrogens with one attached hydrogen (secondary N) is 2.